The van der Waals surface area contributed by atoms with Gasteiger partial charge in [0, 0.05) is 13.0 Å². The number of hydrogen-bond acceptors (Lipinski definition) is 3. The number of carbonyl (C=O) groups is 3. The van der Waals surface area contributed by atoms with Gasteiger partial charge in [0.15, 0.2) is 0 Å². The lowest BCUT2D eigenvalue weighted by Gasteiger charge is -2.14. The predicted molar refractivity (Wildman–Crippen MR) is 55.9 cm³/mol. The molecule has 2 atom stereocenters. The number of nitrogens with two attached hydrogens (primary N) is 1. The highest BCUT2D eigenvalue weighted by Crippen LogP contribution is 2.34. The van der Waals surface area contributed by atoms with E-state index in [1.54, 1.807) is 0 Å². The maximum atomic E-state index is 11.9. The topological polar surface area (TPSA) is 80.5 Å². The van der Waals surface area contributed by atoms with E-state index in [4.69, 9.17) is 5.73 Å². The fraction of sp³-hybridized carbons (Fsp3) is 0.545. The van der Waals surface area contributed by atoms with Crippen LogP contribution in [-0.4, -0.2) is 29.2 Å². The van der Waals surface area contributed by atoms with E-state index in [-0.39, 0.29) is 36.6 Å². The van der Waals surface area contributed by atoms with Gasteiger partial charge in [-0.25, -0.2) is 0 Å². The summed E-state index contributed by atoms with van der Waals surface area (Å²) in [6.07, 6.45) is 5.17. The molecule has 1 heterocycles. The molecule has 1 aliphatic heterocycles. The first-order chi connectivity index (χ1) is 7.61. The van der Waals surface area contributed by atoms with Crippen molar-refractivity contribution in [3.05, 3.63) is 12.2 Å². The number of primary amides is 1. The first-order valence-corrected chi connectivity index (χ1v) is 5.40. The number of amides is 3. The number of nitrogens with zero attached hydrogens (tertiary/aromatic N) is 1. The summed E-state index contributed by atoms with van der Waals surface area (Å²) in [5.74, 6) is -1.23. The van der Waals surface area contributed by atoms with E-state index < -0.39 is 5.91 Å². The molecule has 1 aliphatic carbocycles. The third kappa shape index (κ3) is 1.73. The first-order valence-electron chi connectivity index (χ1n) is 5.40. The predicted octanol–water partition coefficient (Wildman–Crippen LogP) is -0.187. The second-order valence-corrected chi connectivity index (χ2v) is 4.20. The van der Waals surface area contributed by atoms with Crippen LogP contribution < -0.4 is 5.73 Å². The van der Waals surface area contributed by atoms with Gasteiger partial charge < -0.3 is 5.73 Å². The molecule has 2 N–H and O–H groups in total. The molecule has 0 radical (unpaired) electrons. The molecular weight excluding hydrogens is 208 g/mol. The number of rotatable bonds is 3. The van der Waals surface area contributed by atoms with Crippen LogP contribution in [0.1, 0.15) is 19.3 Å². The summed E-state index contributed by atoms with van der Waals surface area (Å²) in [6, 6.07) is 0. The van der Waals surface area contributed by atoms with Crippen molar-refractivity contribution in [3.63, 3.8) is 0 Å². The largest absolute Gasteiger partial charge is 0.370 e. The molecule has 3 amide bonds. The van der Waals surface area contributed by atoms with Crippen molar-refractivity contribution in [1.29, 1.82) is 0 Å². The van der Waals surface area contributed by atoms with Crippen molar-refractivity contribution >= 4 is 17.7 Å². The summed E-state index contributed by atoms with van der Waals surface area (Å²) in [5.41, 5.74) is 5.01. The summed E-state index contributed by atoms with van der Waals surface area (Å²) in [4.78, 5) is 35.6. The number of hydrogen-bond donors (Lipinski definition) is 1. The first kappa shape index (κ1) is 10.9. The quantitative estimate of drug-likeness (QED) is 0.531. The van der Waals surface area contributed by atoms with Gasteiger partial charge in [-0.15, -0.1) is 0 Å². The monoisotopic (exact) mass is 222 g/mol. The zero-order valence-corrected chi connectivity index (χ0v) is 8.89. The van der Waals surface area contributed by atoms with E-state index in [0.717, 1.165) is 0 Å². The molecule has 0 aromatic carbocycles. The molecule has 0 aromatic heterocycles. The Labute approximate surface area is 93.3 Å². The van der Waals surface area contributed by atoms with Crippen LogP contribution in [0.5, 0.6) is 0 Å². The minimum Gasteiger partial charge on any atom is -0.370 e. The molecule has 0 spiro atoms. The molecule has 0 aromatic rings. The van der Waals surface area contributed by atoms with Crippen molar-refractivity contribution in [2.24, 2.45) is 17.6 Å². The van der Waals surface area contributed by atoms with Crippen LogP contribution >= 0.6 is 0 Å². The maximum absolute atomic E-state index is 11.9. The normalized spacial score (nSPS) is 28.4. The Hall–Kier alpha value is -1.65. The number of carbonyl (C=O) groups excluding carboxylic acids is 3. The summed E-state index contributed by atoms with van der Waals surface area (Å²) in [5, 5.41) is 0. The molecule has 86 valence electrons. The Morgan fingerprint density at radius 3 is 2.19 bits per heavy atom. The molecule has 5 nitrogen and oxygen atoms in total. The Kier molecular flexibility index (Phi) is 2.77. The van der Waals surface area contributed by atoms with Crippen molar-refractivity contribution in [3.8, 4) is 0 Å². The lowest BCUT2D eigenvalue weighted by molar-refractivity contribution is -0.140. The van der Waals surface area contributed by atoms with Crippen molar-refractivity contribution in [2.45, 2.75) is 19.3 Å². The van der Waals surface area contributed by atoms with Crippen LogP contribution in [0.15, 0.2) is 12.2 Å². The number of imide groups is 1. The van der Waals surface area contributed by atoms with Gasteiger partial charge in [-0.05, 0) is 12.8 Å². The lowest BCUT2D eigenvalue weighted by Crippen LogP contribution is -2.34. The van der Waals surface area contributed by atoms with Crippen LogP contribution in [0.3, 0.4) is 0 Å². The van der Waals surface area contributed by atoms with E-state index in [1.807, 2.05) is 12.2 Å². The van der Waals surface area contributed by atoms with Crippen LogP contribution in [0.25, 0.3) is 0 Å². The van der Waals surface area contributed by atoms with Gasteiger partial charge in [-0.3, -0.25) is 19.3 Å². The van der Waals surface area contributed by atoms with Gasteiger partial charge in [0.2, 0.25) is 17.7 Å². The standard InChI is InChI=1S/C11H14N2O3/c12-9(14)5-6-13-10(15)7-3-1-2-4-8(7)11(13)16/h1-2,7-8H,3-6H2,(H2,12,14)/t7-,8+. The second kappa shape index (κ2) is 4.08. The average Bonchev–Trinajstić information content (AvgIpc) is 2.50. The molecule has 16 heavy (non-hydrogen) atoms. The van der Waals surface area contributed by atoms with Crippen LogP contribution in [0, 0.1) is 11.8 Å². The molecule has 0 bridgehead atoms. The molecule has 2 rings (SSSR count). The maximum Gasteiger partial charge on any atom is 0.233 e. The van der Waals surface area contributed by atoms with Crippen LogP contribution in [0.4, 0.5) is 0 Å². The van der Waals surface area contributed by atoms with Crippen molar-refractivity contribution in [1.82, 2.24) is 4.90 Å². The summed E-state index contributed by atoms with van der Waals surface area (Å²) in [6.45, 7) is 0.125. The van der Waals surface area contributed by atoms with Crippen LogP contribution in [-0.2, 0) is 14.4 Å². The third-order valence-electron chi connectivity index (χ3n) is 3.18. The molecule has 0 saturated carbocycles. The van der Waals surface area contributed by atoms with Gasteiger partial charge in [0.05, 0.1) is 11.8 Å². The van der Waals surface area contributed by atoms with Gasteiger partial charge in [-0.2, -0.15) is 0 Å². The highest BCUT2D eigenvalue weighted by molar-refractivity contribution is 6.05. The minimum absolute atomic E-state index is 0.0460. The second-order valence-electron chi connectivity index (χ2n) is 4.20. The van der Waals surface area contributed by atoms with Gasteiger partial charge >= 0.3 is 0 Å². The minimum atomic E-state index is -0.492. The highest BCUT2D eigenvalue weighted by Gasteiger charge is 2.46. The number of allylic oxidation sites excluding steroid dienone is 2. The van der Waals surface area contributed by atoms with E-state index in [0.29, 0.717) is 12.8 Å². The Balaban J connectivity index is 2.08. The zero-order chi connectivity index (χ0) is 11.7. The molecule has 0 unspecified atom stereocenters. The fourth-order valence-corrected chi connectivity index (χ4v) is 2.31. The molecular formula is C11H14N2O3. The Morgan fingerprint density at radius 1 is 1.25 bits per heavy atom. The molecule has 2 aliphatic rings. The third-order valence-corrected chi connectivity index (χ3v) is 3.18. The van der Waals surface area contributed by atoms with E-state index in [9.17, 15) is 14.4 Å². The highest BCUT2D eigenvalue weighted by atomic mass is 16.2. The van der Waals surface area contributed by atoms with Gasteiger partial charge in [-0.1, -0.05) is 12.2 Å². The van der Waals surface area contributed by atoms with E-state index in [2.05, 4.69) is 0 Å². The Bertz CT molecular complexity index is 349. The van der Waals surface area contributed by atoms with Crippen molar-refractivity contribution < 1.29 is 14.4 Å². The van der Waals surface area contributed by atoms with Gasteiger partial charge in [0.25, 0.3) is 0 Å². The molecule has 1 fully saturated rings. The fourth-order valence-electron chi connectivity index (χ4n) is 2.31. The SMILES string of the molecule is NC(=O)CCN1C(=O)[C@H]2CC=CC[C@H]2C1=O. The summed E-state index contributed by atoms with van der Waals surface area (Å²) in [7, 11) is 0. The van der Waals surface area contributed by atoms with Crippen LogP contribution in [0.2, 0.25) is 0 Å². The molecule has 5 heteroatoms. The summed E-state index contributed by atoms with van der Waals surface area (Å²) < 4.78 is 0. The zero-order valence-electron chi connectivity index (χ0n) is 8.89. The molecule has 1 saturated heterocycles. The van der Waals surface area contributed by atoms with Crippen molar-refractivity contribution in [2.75, 3.05) is 6.54 Å². The smallest absolute Gasteiger partial charge is 0.233 e. The Morgan fingerprint density at radius 2 is 1.75 bits per heavy atom. The van der Waals surface area contributed by atoms with E-state index >= 15 is 0 Å². The average molecular weight is 222 g/mol. The number of likely N-dealkylation sites (tertiary alicyclic amines) is 1. The van der Waals surface area contributed by atoms with E-state index in [1.165, 1.54) is 4.90 Å². The summed E-state index contributed by atoms with van der Waals surface area (Å²) >= 11 is 0. The number of fused-ring (bicyclic) bond motifs is 1. The lowest BCUT2D eigenvalue weighted by atomic mass is 9.85. The van der Waals surface area contributed by atoms with Gasteiger partial charge in [0.1, 0.15) is 0 Å².